The highest BCUT2D eigenvalue weighted by Gasteiger charge is 2.07. The maximum absolute atomic E-state index is 11.6. The van der Waals surface area contributed by atoms with E-state index in [1.807, 2.05) is 48.6 Å². The topological polar surface area (TPSA) is 26.3 Å². The Morgan fingerprint density at radius 2 is 2.00 bits per heavy atom. The lowest BCUT2D eigenvalue weighted by Crippen LogP contribution is -2.07. The van der Waals surface area contributed by atoms with Gasteiger partial charge < -0.3 is 4.74 Å². The van der Waals surface area contributed by atoms with Crippen LogP contribution < -0.4 is 0 Å². The van der Waals surface area contributed by atoms with Crippen LogP contribution >= 0.6 is 0 Å². The number of allylic oxidation sites excluding steroid dienone is 3. The molecule has 1 aliphatic carbocycles. The van der Waals surface area contributed by atoms with Crippen LogP contribution in [0.3, 0.4) is 0 Å². The van der Waals surface area contributed by atoms with Crippen LogP contribution in [0.1, 0.15) is 18.4 Å². The molecule has 0 aromatic heterocycles. The van der Waals surface area contributed by atoms with Crippen molar-refractivity contribution >= 4 is 5.97 Å². The van der Waals surface area contributed by atoms with Gasteiger partial charge in [-0.15, -0.1) is 0 Å². The van der Waals surface area contributed by atoms with Gasteiger partial charge in [0.15, 0.2) is 0 Å². The predicted octanol–water partition coefficient (Wildman–Crippen LogP) is 3.01. The van der Waals surface area contributed by atoms with Crippen molar-refractivity contribution in [1.82, 2.24) is 0 Å². The Hall–Kier alpha value is -1.83. The summed E-state index contributed by atoms with van der Waals surface area (Å²) < 4.78 is 5.23. The first-order valence-corrected chi connectivity index (χ1v) is 5.46. The molecule has 1 aromatic carbocycles. The third-order valence-corrected chi connectivity index (χ3v) is 2.38. The molecule has 0 aliphatic heterocycles. The van der Waals surface area contributed by atoms with Crippen LogP contribution in [0.5, 0.6) is 0 Å². The molecule has 0 fully saturated rings. The maximum Gasteiger partial charge on any atom is 0.315 e. The molecule has 1 aromatic rings. The van der Waals surface area contributed by atoms with E-state index in [-0.39, 0.29) is 5.97 Å². The number of hydrogen-bond donors (Lipinski definition) is 0. The van der Waals surface area contributed by atoms with Crippen molar-refractivity contribution in [2.45, 2.75) is 19.3 Å². The zero-order valence-electron chi connectivity index (χ0n) is 9.06. The van der Waals surface area contributed by atoms with Gasteiger partial charge in [0, 0.05) is 0 Å². The minimum atomic E-state index is -0.205. The van der Waals surface area contributed by atoms with E-state index in [2.05, 4.69) is 0 Å². The molecule has 82 valence electrons. The van der Waals surface area contributed by atoms with Crippen molar-refractivity contribution in [2.75, 3.05) is 0 Å². The summed E-state index contributed by atoms with van der Waals surface area (Å²) in [5.41, 5.74) is 0.980. The van der Waals surface area contributed by atoms with Crippen molar-refractivity contribution < 1.29 is 9.53 Å². The van der Waals surface area contributed by atoms with Crippen LogP contribution in [-0.4, -0.2) is 5.97 Å². The number of ether oxygens (including phenoxy) is 1. The van der Waals surface area contributed by atoms with Crippen molar-refractivity contribution in [1.29, 1.82) is 0 Å². The van der Waals surface area contributed by atoms with Gasteiger partial charge in [0.1, 0.15) is 5.76 Å². The monoisotopic (exact) mass is 214 g/mol. The lowest BCUT2D eigenvalue weighted by Gasteiger charge is -2.07. The zero-order chi connectivity index (χ0) is 11.2. The summed E-state index contributed by atoms with van der Waals surface area (Å²) in [5, 5.41) is 0. The van der Waals surface area contributed by atoms with Gasteiger partial charge in [-0.05, 0) is 30.6 Å². The third kappa shape index (κ3) is 3.09. The fraction of sp³-hybridized carbons (Fsp3) is 0.214. The predicted molar refractivity (Wildman–Crippen MR) is 62.7 cm³/mol. The van der Waals surface area contributed by atoms with Crippen molar-refractivity contribution in [2.24, 2.45) is 0 Å². The summed E-state index contributed by atoms with van der Waals surface area (Å²) in [4.78, 5) is 11.6. The SMILES string of the molecule is O=C(Cc1ccccc1)OC1=CCCC=C1. The number of hydrogen-bond acceptors (Lipinski definition) is 2. The van der Waals surface area contributed by atoms with E-state index in [1.165, 1.54) is 0 Å². The van der Waals surface area contributed by atoms with Crippen LogP contribution in [0, 0.1) is 0 Å². The summed E-state index contributed by atoms with van der Waals surface area (Å²) in [5.74, 6) is 0.469. The molecule has 0 atom stereocenters. The molecule has 0 amide bonds. The smallest absolute Gasteiger partial charge is 0.315 e. The zero-order valence-corrected chi connectivity index (χ0v) is 9.06. The molecular weight excluding hydrogens is 200 g/mol. The second-order valence-electron chi connectivity index (χ2n) is 3.72. The van der Waals surface area contributed by atoms with Crippen LogP contribution in [0.25, 0.3) is 0 Å². The highest BCUT2D eigenvalue weighted by Crippen LogP contribution is 2.12. The van der Waals surface area contributed by atoms with Gasteiger partial charge in [-0.25, -0.2) is 0 Å². The molecule has 0 saturated heterocycles. The molecule has 1 aliphatic rings. The first-order valence-electron chi connectivity index (χ1n) is 5.46. The second-order valence-corrected chi connectivity index (χ2v) is 3.72. The molecule has 16 heavy (non-hydrogen) atoms. The molecule has 0 spiro atoms. The Morgan fingerprint density at radius 3 is 2.69 bits per heavy atom. The average molecular weight is 214 g/mol. The summed E-state index contributed by atoms with van der Waals surface area (Å²) in [6.07, 6.45) is 8.12. The molecule has 2 heteroatoms. The Labute approximate surface area is 95.2 Å². The van der Waals surface area contributed by atoms with Gasteiger partial charge >= 0.3 is 5.97 Å². The maximum atomic E-state index is 11.6. The minimum Gasteiger partial charge on any atom is -0.427 e. The number of carbonyl (C=O) groups is 1. The van der Waals surface area contributed by atoms with E-state index in [0.717, 1.165) is 18.4 Å². The summed E-state index contributed by atoms with van der Waals surface area (Å²) in [6, 6.07) is 9.62. The summed E-state index contributed by atoms with van der Waals surface area (Å²) >= 11 is 0. The molecule has 0 radical (unpaired) electrons. The van der Waals surface area contributed by atoms with Crippen LogP contribution in [0.2, 0.25) is 0 Å². The quantitative estimate of drug-likeness (QED) is 0.723. The second kappa shape index (κ2) is 5.31. The lowest BCUT2D eigenvalue weighted by atomic mass is 10.1. The van der Waals surface area contributed by atoms with Crippen LogP contribution in [0.15, 0.2) is 54.3 Å². The fourth-order valence-electron chi connectivity index (χ4n) is 1.60. The summed E-state index contributed by atoms with van der Waals surface area (Å²) in [7, 11) is 0. The van der Waals surface area contributed by atoms with Gasteiger partial charge in [0.25, 0.3) is 0 Å². The van der Waals surface area contributed by atoms with E-state index in [9.17, 15) is 4.79 Å². The molecule has 0 bridgehead atoms. The minimum absolute atomic E-state index is 0.205. The van der Waals surface area contributed by atoms with Gasteiger partial charge in [-0.2, -0.15) is 0 Å². The third-order valence-electron chi connectivity index (χ3n) is 2.38. The van der Waals surface area contributed by atoms with Crippen LogP contribution in [-0.2, 0) is 16.0 Å². The Balaban J connectivity index is 1.89. The number of rotatable bonds is 3. The van der Waals surface area contributed by atoms with Crippen molar-refractivity contribution in [3.63, 3.8) is 0 Å². The first-order chi connectivity index (χ1) is 7.84. The normalized spacial score (nSPS) is 14.4. The highest BCUT2D eigenvalue weighted by molar-refractivity contribution is 5.74. The van der Waals surface area contributed by atoms with Gasteiger partial charge in [-0.3, -0.25) is 4.79 Å². The molecule has 0 saturated carbocycles. The number of esters is 1. The van der Waals surface area contributed by atoms with E-state index in [4.69, 9.17) is 4.74 Å². The summed E-state index contributed by atoms with van der Waals surface area (Å²) in [6.45, 7) is 0. The van der Waals surface area contributed by atoms with Gasteiger partial charge in [0.05, 0.1) is 6.42 Å². The van der Waals surface area contributed by atoms with Crippen LogP contribution in [0.4, 0.5) is 0 Å². The van der Waals surface area contributed by atoms with Crippen molar-refractivity contribution in [3.05, 3.63) is 59.9 Å². The first kappa shape index (κ1) is 10.7. The molecule has 2 rings (SSSR count). The van der Waals surface area contributed by atoms with E-state index in [0.29, 0.717) is 12.2 Å². The standard InChI is InChI=1S/C14H14O2/c15-14(11-12-7-3-1-4-8-12)16-13-9-5-2-6-10-13/h1,3-5,7-10H,2,6,11H2. The Bertz CT molecular complexity index is 416. The molecular formula is C14H14O2. The van der Waals surface area contributed by atoms with E-state index in [1.54, 1.807) is 0 Å². The Morgan fingerprint density at radius 1 is 1.19 bits per heavy atom. The largest absolute Gasteiger partial charge is 0.427 e. The van der Waals surface area contributed by atoms with E-state index < -0.39 is 0 Å². The van der Waals surface area contributed by atoms with Crippen molar-refractivity contribution in [3.8, 4) is 0 Å². The molecule has 0 heterocycles. The molecule has 2 nitrogen and oxygen atoms in total. The van der Waals surface area contributed by atoms with E-state index >= 15 is 0 Å². The fourth-order valence-corrected chi connectivity index (χ4v) is 1.60. The average Bonchev–Trinajstić information content (AvgIpc) is 2.31. The van der Waals surface area contributed by atoms with Gasteiger partial charge in [0.2, 0.25) is 0 Å². The molecule has 0 N–H and O–H groups in total. The Kier molecular flexibility index (Phi) is 3.54. The lowest BCUT2D eigenvalue weighted by molar-refractivity contribution is -0.138. The number of benzene rings is 1. The number of carbonyl (C=O) groups excluding carboxylic acids is 1. The molecule has 0 unspecified atom stereocenters. The highest BCUT2D eigenvalue weighted by atomic mass is 16.5. The van der Waals surface area contributed by atoms with Gasteiger partial charge in [-0.1, -0.05) is 36.4 Å².